The van der Waals surface area contributed by atoms with E-state index in [0.717, 1.165) is 28.0 Å². The highest BCUT2D eigenvalue weighted by atomic mass is 79.9. The van der Waals surface area contributed by atoms with Gasteiger partial charge in [-0.15, -0.1) is 11.3 Å². The molecule has 4 heteroatoms. The third kappa shape index (κ3) is 4.09. The van der Waals surface area contributed by atoms with Crippen LogP contribution in [0.25, 0.3) is 0 Å². The maximum Gasteiger partial charge on any atom is 0.264 e. The summed E-state index contributed by atoms with van der Waals surface area (Å²) in [6.45, 7) is 9.46. The Hall–Kier alpha value is -0.350. The molecular formula is C14H22BrNOS. The van der Waals surface area contributed by atoms with Gasteiger partial charge in [-0.3, -0.25) is 4.79 Å². The largest absolute Gasteiger partial charge is 0.335 e. The maximum absolute atomic E-state index is 12.6. The van der Waals surface area contributed by atoms with Gasteiger partial charge in [0.2, 0.25) is 0 Å². The lowest BCUT2D eigenvalue weighted by Crippen LogP contribution is -2.41. The average molecular weight is 332 g/mol. The summed E-state index contributed by atoms with van der Waals surface area (Å²) in [5.41, 5.74) is 0. The summed E-state index contributed by atoms with van der Waals surface area (Å²) in [5, 5.41) is 0. The summed E-state index contributed by atoms with van der Waals surface area (Å²) in [6.07, 6.45) is 2.03. The minimum absolute atomic E-state index is 0.174. The highest BCUT2D eigenvalue weighted by molar-refractivity contribution is 9.11. The number of nitrogens with zero attached hydrogens (tertiary/aromatic N) is 1. The molecule has 0 saturated heterocycles. The van der Waals surface area contributed by atoms with E-state index in [0.29, 0.717) is 12.0 Å². The van der Waals surface area contributed by atoms with Crippen LogP contribution in [-0.4, -0.2) is 23.4 Å². The van der Waals surface area contributed by atoms with Crippen molar-refractivity contribution in [3.8, 4) is 0 Å². The molecule has 1 aromatic heterocycles. The van der Waals surface area contributed by atoms with E-state index in [4.69, 9.17) is 0 Å². The molecule has 1 aromatic rings. The van der Waals surface area contributed by atoms with Crippen LogP contribution in [0.2, 0.25) is 0 Å². The molecule has 0 unspecified atom stereocenters. The fourth-order valence-electron chi connectivity index (χ4n) is 2.09. The molecule has 1 rings (SSSR count). The van der Waals surface area contributed by atoms with Gasteiger partial charge in [0.25, 0.3) is 5.91 Å². The zero-order valence-corrected chi connectivity index (χ0v) is 14.0. The van der Waals surface area contributed by atoms with Crippen molar-refractivity contribution < 1.29 is 4.79 Å². The summed E-state index contributed by atoms with van der Waals surface area (Å²) in [5.74, 6) is 0.672. The smallest absolute Gasteiger partial charge is 0.264 e. The fraction of sp³-hybridized carbons (Fsp3) is 0.643. The van der Waals surface area contributed by atoms with Gasteiger partial charge in [0.05, 0.1) is 8.66 Å². The van der Waals surface area contributed by atoms with Crippen LogP contribution >= 0.6 is 27.3 Å². The number of rotatable bonds is 6. The molecule has 0 spiro atoms. The van der Waals surface area contributed by atoms with Crippen molar-refractivity contribution in [2.75, 3.05) is 6.54 Å². The number of amides is 1. The summed E-state index contributed by atoms with van der Waals surface area (Å²) >= 11 is 4.93. The molecule has 0 aromatic carbocycles. The first-order chi connectivity index (χ1) is 8.49. The van der Waals surface area contributed by atoms with Gasteiger partial charge >= 0.3 is 0 Å². The van der Waals surface area contributed by atoms with Gasteiger partial charge in [-0.1, -0.05) is 27.7 Å². The summed E-state index contributed by atoms with van der Waals surface area (Å²) < 4.78 is 1.01. The van der Waals surface area contributed by atoms with E-state index >= 15 is 0 Å². The van der Waals surface area contributed by atoms with Crippen molar-refractivity contribution in [3.05, 3.63) is 20.8 Å². The third-order valence-corrected chi connectivity index (χ3v) is 4.60. The Bertz CT molecular complexity index is 385. The Labute approximate surface area is 123 Å². The molecule has 1 amide bonds. The van der Waals surface area contributed by atoms with Crippen molar-refractivity contribution in [1.82, 2.24) is 4.90 Å². The first-order valence-electron chi connectivity index (χ1n) is 6.55. The van der Waals surface area contributed by atoms with Crippen molar-refractivity contribution in [2.24, 2.45) is 5.92 Å². The first kappa shape index (κ1) is 15.7. The second-order valence-electron chi connectivity index (χ2n) is 4.93. The topological polar surface area (TPSA) is 20.3 Å². The van der Waals surface area contributed by atoms with Gasteiger partial charge in [-0.05, 0) is 46.8 Å². The minimum Gasteiger partial charge on any atom is -0.335 e. The summed E-state index contributed by atoms with van der Waals surface area (Å²) in [4.78, 5) is 15.4. The second-order valence-corrected chi connectivity index (χ2v) is 7.39. The molecule has 18 heavy (non-hydrogen) atoms. The molecule has 0 aliphatic carbocycles. The third-order valence-electron chi connectivity index (χ3n) is 2.99. The highest BCUT2D eigenvalue weighted by Gasteiger charge is 2.24. The standard InChI is InChI=1S/C14H22BrNOS/c1-5-11(6-2)16(9-10(3)4)14(17)12-7-8-13(15)18-12/h7-8,10-11H,5-6,9H2,1-4H3. The lowest BCUT2D eigenvalue weighted by atomic mass is 10.1. The number of hydrogen-bond donors (Lipinski definition) is 0. The van der Waals surface area contributed by atoms with E-state index in [1.54, 1.807) is 0 Å². The van der Waals surface area contributed by atoms with Crippen LogP contribution in [0.1, 0.15) is 50.2 Å². The van der Waals surface area contributed by atoms with Crippen molar-refractivity contribution >= 4 is 33.2 Å². The Kier molecular flexibility index (Phi) is 6.36. The van der Waals surface area contributed by atoms with E-state index in [1.807, 2.05) is 17.0 Å². The molecule has 0 saturated carbocycles. The van der Waals surface area contributed by atoms with E-state index in [2.05, 4.69) is 43.6 Å². The molecule has 0 N–H and O–H groups in total. The van der Waals surface area contributed by atoms with Crippen LogP contribution in [0.5, 0.6) is 0 Å². The van der Waals surface area contributed by atoms with E-state index in [1.165, 1.54) is 11.3 Å². The number of carbonyl (C=O) groups excluding carboxylic acids is 1. The number of carbonyl (C=O) groups is 1. The minimum atomic E-state index is 0.174. The van der Waals surface area contributed by atoms with Gasteiger partial charge in [0.1, 0.15) is 0 Å². The molecule has 2 nitrogen and oxygen atoms in total. The van der Waals surface area contributed by atoms with E-state index in [-0.39, 0.29) is 5.91 Å². The van der Waals surface area contributed by atoms with E-state index < -0.39 is 0 Å². The normalized spacial score (nSPS) is 11.3. The molecular weight excluding hydrogens is 310 g/mol. The molecule has 0 atom stereocenters. The monoisotopic (exact) mass is 331 g/mol. The zero-order valence-electron chi connectivity index (χ0n) is 11.6. The summed E-state index contributed by atoms with van der Waals surface area (Å²) in [6, 6.07) is 4.20. The van der Waals surface area contributed by atoms with Crippen LogP contribution in [0.3, 0.4) is 0 Å². The summed E-state index contributed by atoms with van der Waals surface area (Å²) in [7, 11) is 0. The zero-order chi connectivity index (χ0) is 13.7. The average Bonchev–Trinajstić information content (AvgIpc) is 2.74. The molecule has 0 aliphatic rings. The van der Waals surface area contributed by atoms with Crippen molar-refractivity contribution in [2.45, 2.75) is 46.6 Å². The van der Waals surface area contributed by atoms with Crippen LogP contribution in [0, 0.1) is 5.92 Å². The Morgan fingerprint density at radius 1 is 1.33 bits per heavy atom. The van der Waals surface area contributed by atoms with Gasteiger partial charge in [-0.25, -0.2) is 0 Å². The highest BCUT2D eigenvalue weighted by Crippen LogP contribution is 2.25. The number of hydrogen-bond acceptors (Lipinski definition) is 2. The molecule has 102 valence electrons. The fourth-order valence-corrected chi connectivity index (χ4v) is 3.43. The molecule has 0 bridgehead atoms. The van der Waals surface area contributed by atoms with Gasteiger partial charge in [-0.2, -0.15) is 0 Å². The molecule has 0 fully saturated rings. The van der Waals surface area contributed by atoms with E-state index in [9.17, 15) is 4.79 Å². The van der Waals surface area contributed by atoms with Gasteiger partial charge < -0.3 is 4.90 Å². The number of thiophene rings is 1. The second kappa shape index (κ2) is 7.29. The quantitative estimate of drug-likeness (QED) is 0.733. The predicted molar refractivity (Wildman–Crippen MR) is 82.3 cm³/mol. The molecule has 1 heterocycles. The van der Waals surface area contributed by atoms with Crippen LogP contribution in [0.15, 0.2) is 15.9 Å². The van der Waals surface area contributed by atoms with Crippen molar-refractivity contribution in [1.29, 1.82) is 0 Å². The first-order valence-corrected chi connectivity index (χ1v) is 8.16. The Balaban J connectivity index is 2.91. The van der Waals surface area contributed by atoms with Crippen LogP contribution in [0.4, 0.5) is 0 Å². The predicted octanol–water partition coefficient (Wildman–Crippen LogP) is 4.80. The van der Waals surface area contributed by atoms with Crippen LogP contribution < -0.4 is 0 Å². The maximum atomic E-state index is 12.6. The number of halogens is 1. The van der Waals surface area contributed by atoms with Crippen LogP contribution in [-0.2, 0) is 0 Å². The Morgan fingerprint density at radius 2 is 1.94 bits per heavy atom. The lowest BCUT2D eigenvalue weighted by Gasteiger charge is -2.31. The molecule has 0 radical (unpaired) electrons. The SMILES string of the molecule is CCC(CC)N(CC(C)C)C(=O)c1ccc(Br)s1. The van der Waals surface area contributed by atoms with Crippen molar-refractivity contribution in [3.63, 3.8) is 0 Å². The molecule has 0 aliphatic heterocycles. The van der Waals surface area contributed by atoms with Gasteiger partial charge in [0, 0.05) is 12.6 Å². The lowest BCUT2D eigenvalue weighted by molar-refractivity contribution is 0.0645. The van der Waals surface area contributed by atoms with Gasteiger partial charge in [0.15, 0.2) is 0 Å². The Morgan fingerprint density at radius 3 is 2.33 bits per heavy atom.